The Kier molecular flexibility index (Phi) is 5.14. The molecule has 4 aromatic rings. The zero-order chi connectivity index (χ0) is 19.4. The molecule has 140 valence electrons. The van der Waals surface area contributed by atoms with E-state index in [1.54, 1.807) is 6.92 Å². The van der Waals surface area contributed by atoms with Gasteiger partial charge >= 0.3 is 0 Å². The van der Waals surface area contributed by atoms with Gasteiger partial charge < -0.3 is 14.3 Å². The Morgan fingerprint density at radius 1 is 0.821 bits per heavy atom. The van der Waals surface area contributed by atoms with Gasteiger partial charge in [0.15, 0.2) is 18.5 Å². The van der Waals surface area contributed by atoms with Crippen LogP contribution in [-0.4, -0.2) is 4.98 Å². The minimum atomic E-state index is -3.18. The highest BCUT2D eigenvalue weighted by atomic mass is 31.2. The molecular weight excluding hydrogens is 367 g/mol. The average molecular weight is 388 g/mol. The monoisotopic (exact) mass is 388 g/mol. The van der Waals surface area contributed by atoms with Crippen molar-refractivity contribution >= 4 is 29.1 Å². The van der Waals surface area contributed by atoms with E-state index >= 15 is 0 Å². The quantitative estimate of drug-likeness (QED) is 0.502. The highest BCUT2D eigenvalue weighted by Crippen LogP contribution is 2.44. The van der Waals surface area contributed by atoms with Gasteiger partial charge in [-0.05, 0) is 5.56 Å². The molecule has 5 heteroatoms. The number of nitrogens with one attached hydrogen (secondary N) is 1. The molecule has 0 atom stereocenters. The Hall–Kier alpha value is -3.10. The van der Waals surface area contributed by atoms with Crippen LogP contribution in [0.15, 0.2) is 95.4 Å². The number of benzene rings is 3. The van der Waals surface area contributed by atoms with E-state index < -0.39 is 7.14 Å². The highest BCUT2D eigenvalue weighted by Gasteiger charge is 2.36. The fourth-order valence-corrected chi connectivity index (χ4v) is 5.86. The van der Waals surface area contributed by atoms with Crippen LogP contribution in [0.5, 0.6) is 0 Å². The minimum absolute atomic E-state index is 0.456. The second kappa shape index (κ2) is 7.87. The number of rotatable bonds is 6. The van der Waals surface area contributed by atoms with Gasteiger partial charge in [-0.2, -0.15) is 0 Å². The third kappa shape index (κ3) is 3.51. The molecule has 1 aromatic heterocycles. The van der Waals surface area contributed by atoms with E-state index in [0.29, 0.717) is 23.8 Å². The normalized spacial score (nSPS) is 11.3. The lowest BCUT2D eigenvalue weighted by atomic mass is 10.2. The Labute approximate surface area is 164 Å². The first-order chi connectivity index (χ1) is 13.7. The molecule has 0 saturated carbocycles. The van der Waals surface area contributed by atoms with Gasteiger partial charge in [-0.1, -0.05) is 91.0 Å². The van der Waals surface area contributed by atoms with Crippen LogP contribution in [0.1, 0.15) is 11.5 Å². The summed E-state index contributed by atoms with van der Waals surface area (Å²) in [6, 6.07) is 29.0. The SMILES string of the molecule is Cc1nc(P(=O)(c2ccccc2)c2ccccc2)c(NCc2ccccc2)o1. The molecule has 4 rings (SSSR count). The minimum Gasteiger partial charge on any atom is -0.425 e. The van der Waals surface area contributed by atoms with E-state index in [-0.39, 0.29) is 0 Å². The molecule has 0 aliphatic heterocycles. The van der Waals surface area contributed by atoms with E-state index in [9.17, 15) is 4.57 Å². The van der Waals surface area contributed by atoms with Crippen LogP contribution in [0.2, 0.25) is 0 Å². The van der Waals surface area contributed by atoms with Gasteiger partial charge in [0, 0.05) is 24.1 Å². The van der Waals surface area contributed by atoms with Crippen LogP contribution in [0.3, 0.4) is 0 Å². The molecule has 0 aliphatic carbocycles. The lowest BCUT2D eigenvalue weighted by molar-refractivity contribution is 0.532. The number of nitrogens with zero attached hydrogens (tertiary/aromatic N) is 1. The van der Waals surface area contributed by atoms with Crippen molar-refractivity contribution in [2.75, 3.05) is 5.32 Å². The Balaban J connectivity index is 1.81. The van der Waals surface area contributed by atoms with Crippen molar-refractivity contribution in [3.8, 4) is 0 Å². The first-order valence-electron chi connectivity index (χ1n) is 9.15. The summed E-state index contributed by atoms with van der Waals surface area (Å²) in [6.45, 7) is 2.34. The summed E-state index contributed by atoms with van der Waals surface area (Å²) in [5, 5.41) is 4.76. The van der Waals surface area contributed by atoms with Crippen molar-refractivity contribution in [3.05, 3.63) is 102 Å². The number of aromatic nitrogens is 1. The summed E-state index contributed by atoms with van der Waals surface area (Å²) in [4.78, 5) is 4.56. The van der Waals surface area contributed by atoms with E-state index in [2.05, 4.69) is 10.3 Å². The average Bonchev–Trinajstić information content (AvgIpc) is 3.14. The maximum absolute atomic E-state index is 14.5. The third-order valence-electron chi connectivity index (χ3n) is 4.55. The van der Waals surface area contributed by atoms with Gasteiger partial charge in [0.1, 0.15) is 0 Å². The van der Waals surface area contributed by atoms with Crippen LogP contribution < -0.4 is 21.4 Å². The van der Waals surface area contributed by atoms with Crippen molar-refractivity contribution in [2.45, 2.75) is 13.5 Å². The molecule has 1 heterocycles. The summed E-state index contributed by atoms with van der Waals surface area (Å²) in [7, 11) is -3.18. The van der Waals surface area contributed by atoms with Crippen LogP contribution >= 0.6 is 7.14 Å². The number of hydrogen-bond donors (Lipinski definition) is 1. The summed E-state index contributed by atoms with van der Waals surface area (Å²) in [5.74, 6) is 0.940. The predicted octanol–water partition coefficient (Wildman–Crippen LogP) is 4.23. The fraction of sp³-hybridized carbons (Fsp3) is 0.0870. The lowest BCUT2D eigenvalue weighted by Crippen LogP contribution is -2.27. The van der Waals surface area contributed by atoms with Crippen molar-refractivity contribution in [2.24, 2.45) is 0 Å². The van der Waals surface area contributed by atoms with Crippen LogP contribution in [0.25, 0.3) is 0 Å². The van der Waals surface area contributed by atoms with Crippen molar-refractivity contribution in [3.63, 3.8) is 0 Å². The van der Waals surface area contributed by atoms with Gasteiger partial charge in [0.05, 0.1) is 0 Å². The van der Waals surface area contributed by atoms with Crippen molar-refractivity contribution in [1.82, 2.24) is 4.98 Å². The molecule has 0 saturated heterocycles. The number of aryl methyl sites for hydroxylation is 1. The van der Waals surface area contributed by atoms with E-state index in [1.807, 2.05) is 91.0 Å². The Morgan fingerprint density at radius 3 is 1.86 bits per heavy atom. The number of hydrogen-bond acceptors (Lipinski definition) is 4. The maximum Gasteiger partial charge on any atom is 0.225 e. The standard InChI is InChI=1S/C23H21N2O2P/c1-18-25-23(22(27-18)24-17-19-11-5-2-6-12-19)28(26,20-13-7-3-8-14-20)21-15-9-4-10-16-21/h2-16,24H,17H2,1H3. The van der Waals surface area contributed by atoms with Crippen molar-refractivity contribution < 1.29 is 8.98 Å². The molecule has 28 heavy (non-hydrogen) atoms. The van der Waals surface area contributed by atoms with Gasteiger partial charge in [0.25, 0.3) is 0 Å². The van der Waals surface area contributed by atoms with Gasteiger partial charge in [-0.3, -0.25) is 0 Å². The van der Waals surface area contributed by atoms with Gasteiger partial charge in [-0.25, -0.2) is 4.98 Å². The van der Waals surface area contributed by atoms with Crippen LogP contribution in [0, 0.1) is 6.92 Å². The van der Waals surface area contributed by atoms with E-state index in [4.69, 9.17) is 4.42 Å². The first-order valence-corrected chi connectivity index (χ1v) is 10.9. The lowest BCUT2D eigenvalue weighted by Gasteiger charge is -2.18. The smallest absolute Gasteiger partial charge is 0.225 e. The molecule has 0 amide bonds. The highest BCUT2D eigenvalue weighted by molar-refractivity contribution is 7.85. The second-order valence-corrected chi connectivity index (χ2v) is 9.18. The Bertz CT molecular complexity index is 1050. The van der Waals surface area contributed by atoms with Crippen LogP contribution in [-0.2, 0) is 11.1 Å². The van der Waals surface area contributed by atoms with Gasteiger partial charge in [0.2, 0.25) is 5.88 Å². The molecule has 0 unspecified atom stereocenters. The summed E-state index contributed by atoms with van der Waals surface area (Å²) >= 11 is 0. The summed E-state index contributed by atoms with van der Waals surface area (Å²) in [6.07, 6.45) is 0. The first kappa shape index (κ1) is 18.3. The van der Waals surface area contributed by atoms with Crippen molar-refractivity contribution in [1.29, 1.82) is 0 Å². The largest absolute Gasteiger partial charge is 0.425 e. The molecular formula is C23H21N2O2P. The molecule has 3 aromatic carbocycles. The zero-order valence-electron chi connectivity index (χ0n) is 15.6. The molecule has 0 radical (unpaired) electrons. The Morgan fingerprint density at radius 2 is 1.32 bits per heavy atom. The molecule has 0 aliphatic rings. The number of oxazole rings is 1. The van der Waals surface area contributed by atoms with E-state index in [1.165, 1.54) is 0 Å². The fourth-order valence-electron chi connectivity index (χ4n) is 3.19. The zero-order valence-corrected chi connectivity index (χ0v) is 16.5. The predicted molar refractivity (Wildman–Crippen MR) is 114 cm³/mol. The molecule has 0 fully saturated rings. The molecule has 0 bridgehead atoms. The summed E-state index contributed by atoms with van der Waals surface area (Å²) < 4.78 is 20.3. The van der Waals surface area contributed by atoms with Gasteiger partial charge in [-0.15, -0.1) is 0 Å². The van der Waals surface area contributed by atoms with Crippen LogP contribution in [0.4, 0.5) is 5.88 Å². The summed E-state index contributed by atoms with van der Waals surface area (Å²) in [5.41, 5.74) is 1.56. The maximum atomic E-state index is 14.5. The third-order valence-corrected chi connectivity index (χ3v) is 7.50. The molecule has 0 spiro atoms. The number of anilines is 1. The van der Waals surface area contributed by atoms with E-state index in [0.717, 1.165) is 16.2 Å². The molecule has 1 N–H and O–H groups in total. The second-order valence-electron chi connectivity index (χ2n) is 6.51. The topological polar surface area (TPSA) is 55.1 Å². The molecule has 4 nitrogen and oxygen atoms in total.